The Morgan fingerprint density at radius 3 is 2.23 bits per heavy atom. The number of aryl methyl sites for hydroxylation is 1. The fourth-order valence-electron chi connectivity index (χ4n) is 2.55. The minimum atomic E-state index is -0.372. The van der Waals surface area contributed by atoms with Crippen LogP contribution >= 0.6 is 11.6 Å². The van der Waals surface area contributed by atoms with Gasteiger partial charge in [-0.15, -0.1) is 0 Å². The number of ether oxygens (including phenoxy) is 2. The molecule has 0 bridgehead atoms. The number of methoxy groups -OCH3 is 2. The predicted molar refractivity (Wildman–Crippen MR) is 82.6 cm³/mol. The maximum atomic E-state index is 12.7. The normalized spacial score (nSPS) is 14.7. The van der Waals surface area contributed by atoms with Gasteiger partial charge in [-0.2, -0.15) is 0 Å². The third-order valence-electron chi connectivity index (χ3n) is 3.67. The van der Waals surface area contributed by atoms with Crippen LogP contribution in [0.2, 0.25) is 5.02 Å². The van der Waals surface area contributed by atoms with Crippen LogP contribution in [-0.4, -0.2) is 62.2 Å². The molecule has 0 saturated carbocycles. The molecule has 1 fully saturated rings. The molecule has 1 aromatic rings. The molecular formula is C15H19ClN2O4. The second-order valence-electron chi connectivity index (χ2n) is 5.05. The van der Waals surface area contributed by atoms with Gasteiger partial charge in [-0.3, -0.25) is 4.79 Å². The van der Waals surface area contributed by atoms with E-state index in [4.69, 9.17) is 16.3 Å². The molecule has 6 nitrogen and oxygen atoms in total. The quantitative estimate of drug-likeness (QED) is 0.836. The van der Waals surface area contributed by atoms with E-state index in [-0.39, 0.29) is 12.0 Å². The topological polar surface area (TPSA) is 59.1 Å². The summed E-state index contributed by atoms with van der Waals surface area (Å²) in [6.45, 7) is 3.63. The molecular weight excluding hydrogens is 308 g/mol. The van der Waals surface area contributed by atoms with E-state index < -0.39 is 0 Å². The van der Waals surface area contributed by atoms with E-state index in [0.717, 1.165) is 5.56 Å². The van der Waals surface area contributed by atoms with Gasteiger partial charge in [-0.05, 0) is 24.6 Å². The number of hydrogen-bond acceptors (Lipinski definition) is 4. The number of hydrogen-bond donors (Lipinski definition) is 0. The molecule has 0 radical (unpaired) electrons. The lowest BCUT2D eigenvalue weighted by Crippen LogP contribution is -2.50. The zero-order chi connectivity index (χ0) is 16.3. The zero-order valence-electron chi connectivity index (χ0n) is 12.9. The summed E-state index contributed by atoms with van der Waals surface area (Å²) in [6, 6.07) is 3.37. The van der Waals surface area contributed by atoms with Crippen molar-refractivity contribution in [3.05, 3.63) is 28.3 Å². The average Bonchev–Trinajstić information content (AvgIpc) is 2.53. The smallest absolute Gasteiger partial charge is 0.409 e. The summed E-state index contributed by atoms with van der Waals surface area (Å²) in [5, 5.41) is 0.495. The summed E-state index contributed by atoms with van der Waals surface area (Å²) in [5.41, 5.74) is 1.26. The molecule has 120 valence electrons. The summed E-state index contributed by atoms with van der Waals surface area (Å²) < 4.78 is 10.0. The van der Waals surface area contributed by atoms with Crippen molar-refractivity contribution in [1.82, 2.24) is 9.80 Å². The van der Waals surface area contributed by atoms with Crippen molar-refractivity contribution in [3.8, 4) is 5.75 Å². The van der Waals surface area contributed by atoms with Crippen molar-refractivity contribution in [3.63, 3.8) is 0 Å². The molecule has 1 saturated heterocycles. The van der Waals surface area contributed by atoms with Gasteiger partial charge in [0.25, 0.3) is 5.91 Å². The molecule has 0 N–H and O–H groups in total. The molecule has 1 aliphatic heterocycles. The molecule has 2 rings (SSSR count). The van der Waals surface area contributed by atoms with Crippen LogP contribution in [0.5, 0.6) is 5.75 Å². The first-order valence-corrected chi connectivity index (χ1v) is 7.32. The van der Waals surface area contributed by atoms with Crippen LogP contribution < -0.4 is 4.74 Å². The summed E-state index contributed by atoms with van der Waals surface area (Å²) in [4.78, 5) is 27.4. The highest BCUT2D eigenvalue weighted by molar-refractivity contribution is 6.31. The SMILES string of the molecule is COC(=O)N1CCN(C(=O)c2cc(Cl)cc(C)c2OC)CC1. The minimum Gasteiger partial charge on any atom is -0.496 e. The van der Waals surface area contributed by atoms with Gasteiger partial charge in [0.05, 0.1) is 19.8 Å². The standard InChI is InChI=1S/C15H19ClN2O4/c1-10-8-11(16)9-12(13(10)21-2)14(19)17-4-6-18(7-5-17)15(20)22-3/h8-9H,4-7H2,1-3H3. The van der Waals surface area contributed by atoms with Gasteiger partial charge >= 0.3 is 6.09 Å². The van der Waals surface area contributed by atoms with Gasteiger partial charge in [0, 0.05) is 31.2 Å². The van der Waals surface area contributed by atoms with Gasteiger partial charge in [-0.25, -0.2) is 4.79 Å². The molecule has 0 spiro atoms. The molecule has 0 aliphatic carbocycles. The lowest BCUT2D eigenvalue weighted by molar-refractivity contribution is 0.0596. The zero-order valence-corrected chi connectivity index (χ0v) is 13.6. The fraction of sp³-hybridized carbons (Fsp3) is 0.467. The van der Waals surface area contributed by atoms with Gasteiger partial charge in [-0.1, -0.05) is 11.6 Å². The lowest BCUT2D eigenvalue weighted by atomic mass is 10.1. The van der Waals surface area contributed by atoms with Gasteiger partial charge < -0.3 is 19.3 Å². The highest BCUT2D eigenvalue weighted by Crippen LogP contribution is 2.29. The first kappa shape index (κ1) is 16.4. The monoisotopic (exact) mass is 326 g/mol. The Labute approximate surface area is 134 Å². The third kappa shape index (κ3) is 3.27. The Balaban J connectivity index is 2.15. The molecule has 2 amide bonds. The summed E-state index contributed by atoms with van der Waals surface area (Å²) in [6.07, 6.45) is -0.372. The second kappa shape index (κ2) is 6.87. The lowest BCUT2D eigenvalue weighted by Gasteiger charge is -2.34. The number of nitrogens with zero attached hydrogens (tertiary/aromatic N) is 2. The van der Waals surface area contributed by atoms with Gasteiger partial charge in [0.15, 0.2) is 0 Å². The van der Waals surface area contributed by atoms with Crippen molar-refractivity contribution >= 4 is 23.6 Å². The minimum absolute atomic E-state index is 0.146. The van der Waals surface area contributed by atoms with Crippen molar-refractivity contribution in [2.24, 2.45) is 0 Å². The molecule has 1 heterocycles. The number of benzene rings is 1. The van der Waals surface area contributed by atoms with Crippen LogP contribution in [0.3, 0.4) is 0 Å². The average molecular weight is 327 g/mol. The number of carbonyl (C=O) groups excluding carboxylic acids is 2. The Morgan fingerprint density at radius 2 is 1.68 bits per heavy atom. The highest BCUT2D eigenvalue weighted by Gasteiger charge is 2.27. The summed E-state index contributed by atoms with van der Waals surface area (Å²) in [5.74, 6) is 0.386. The van der Waals surface area contributed by atoms with E-state index in [9.17, 15) is 9.59 Å². The number of piperazine rings is 1. The van der Waals surface area contributed by atoms with Crippen LogP contribution in [0.15, 0.2) is 12.1 Å². The fourth-order valence-corrected chi connectivity index (χ4v) is 2.82. The molecule has 0 atom stereocenters. The van der Waals surface area contributed by atoms with Crippen LogP contribution in [0.4, 0.5) is 4.79 Å². The Bertz CT molecular complexity index is 583. The maximum Gasteiger partial charge on any atom is 0.409 e. The molecule has 0 unspecified atom stereocenters. The largest absolute Gasteiger partial charge is 0.496 e. The van der Waals surface area contributed by atoms with E-state index in [0.29, 0.717) is 42.5 Å². The van der Waals surface area contributed by atoms with E-state index in [1.165, 1.54) is 14.2 Å². The Kier molecular flexibility index (Phi) is 5.13. The van der Waals surface area contributed by atoms with Gasteiger partial charge in [0.2, 0.25) is 0 Å². The van der Waals surface area contributed by atoms with Crippen LogP contribution in [0.1, 0.15) is 15.9 Å². The second-order valence-corrected chi connectivity index (χ2v) is 5.49. The summed E-state index contributed by atoms with van der Waals surface area (Å²) >= 11 is 6.05. The number of halogens is 1. The van der Waals surface area contributed by atoms with Gasteiger partial charge in [0.1, 0.15) is 5.75 Å². The van der Waals surface area contributed by atoms with Crippen LogP contribution in [0, 0.1) is 6.92 Å². The first-order chi connectivity index (χ1) is 10.5. The number of rotatable bonds is 2. The number of amides is 2. The van der Waals surface area contributed by atoms with Crippen molar-refractivity contribution < 1.29 is 19.1 Å². The Morgan fingerprint density at radius 1 is 1.09 bits per heavy atom. The van der Waals surface area contributed by atoms with Crippen molar-refractivity contribution in [1.29, 1.82) is 0 Å². The van der Waals surface area contributed by atoms with Crippen LogP contribution in [-0.2, 0) is 4.74 Å². The van der Waals surface area contributed by atoms with E-state index in [1.807, 2.05) is 6.92 Å². The molecule has 1 aliphatic rings. The molecule has 22 heavy (non-hydrogen) atoms. The Hall–Kier alpha value is -1.95. The predicted octanol–water partition coefficient (Wildman–Crippen LogP) is 2.18. The van der Waals surface area contributed by atoms with Crippen molar-refractivity contribution in [2.75, 3.05) is 40.4 Å². The van der Waals surface area contributed by atoms with E-state index >= 15 is 0 Å². The molecule has 7 heteroatoms. The number of carbonyl (C=O) groups is 2. The molecule has 1 aromatic carbocycles. The van der Waals surface area contributed by atoms with E-state index in [2.05, 4.69) is 4.74 Å². The highest BCUT2D eigenvalue weighted by atomic mass is 35.5. The maximum absolute atomic E-state index is 12.7. The summed E-state index contributed by atoms with van der Waals surface area (Å²) in [7, 11) is 2.88. The van der Waals surface area contributed by atoms with Crippen molar-refractivity contribution in [2.45, 2.75) is 6.92 Å². The molecule has 0 aromatic heterocycles. The first-order valence-electron chi connectivity index (χ1n) is 6.94. The third-order valence-corrected chi connectivity index (χ3v) is 3.89. The van der Waals surface area contributed by atoms with E-state index in [1.54, 1.807) is 21.9 Å². The van der Waals surface area contributed by atoms with Crippen LogP contribution in [0.25, 0.3) is 0 Å².